The number of halogens is 1. The predicted octanol–water partition coefficient (Wildman–Crippen LogP) is 8.37. The zero-order valence-corrected chi connectivity index (χ0v) is 19.2. The zero-order valence-electron chi connectivity index (χ0n) is 19.2. The Morgan fingerprint density at radius 2 is 1.39 bits per heavy atom. The van der Waals surface area contributed by atoms with E-state index in [-0.39, 0.29) is 11.9 Å². The Kier molecular flexibility index (Phi) is 7.82. The van der Waals surface area contributed by atoms with Crippen LogP contribution in [0.25, 0.3) is 11.1 Å². The van der Waals surface area contributed by atoms with Crippen molar-refractivity contribution in [1.29, 1.82) is 0 Å². The summed E-state index contributed by atoms with van der Waals surface area (Å²) in [4.78, 5) is 0. The van der Waals surface area contributed by atoms with Crippen molar-refractivity contribution in [2.75, 3.05) is 0 Å². The molecule has 0 atom stereocenters. The van der Waals surface area contributed by atoms with Gasteiger partial charge < -0.3 is 5.11 Å². The Morgan fingerprint density at radius 1 is 0.774 bits per heavy atom. The molecule has 4 rings (SSSR count). The molecule has 0 radical (unpaired) electrons. The van der Waals surface area contributed by atoms with Gasteiger partial charge in [-0.3, -0.25) is 0 Å². The van der Waals surface area contributed by atoms with E-state index in [4.69, 9.17) is 0 Å². The van der Waals surface area contributed by atoms with Crippen molar-refractivity contribution in [2.24, 2.45) is 5.92 Å². The first-order chi connectivity index (χ1) is 15.1. The fourth-order valence-corrected chi connectivity index (χ4v) is 5.83. The van der Waals surface area contributed by atoms with Crippen molar-refractivity contribution in [1.82, 2.24) is 0 Å². The Bertz CT molecular complexity index is 811. The molecule has 0 unspecified atom stereocenters. The summed E-state index contributed by atoms with van der Waals surface area (Å²) in [6.45, 7) is 2.28. The number of unbranched alkanes of at least 4 members (excludes halogenated alkanes) is 2. The lowest BCUT2D eigenvalue weighted by Gasteiger charge is -2.29. The van der Waals surface area contributed by atoms with E-state index >= 15 is 0 Å². The highest BCUT2D eigenvalue weighted by molar-refractivity contribution is 5.65. The fourth-order valence-electron chi connectivity index (χ4n) is 5.83. The number of hydrogen-bond donors (Lipinski definition) is 1. The summed E-state index contributed by atoms with van der Waals surface area (Å²) >= 11 is 0. The topological polar surface area (TPSA) is 20.2 Å². The second-order valence-corrected chi connectivity index (χ2v) is 10.1. The maximum Gasteiger partial charge on any atom is 0.131 e. The minimum absolute atomic E-state index is 0.121. The second kappa shape index (κ2) is 10.8. The summed E-state index contributed by atoms with van der Waals surface area (Å²) in [6.07, 6.45) is 14.2. The quantitative estimate of drug-likeness (QED) is 0.444. The molecule has 1 N–H and O–H groups in total. The number of aliphatic hydroxyl groups excluding tert-OH is 1. The highest BCUT2D eigenvalue weighted by atomic mass is 19.1. The molecular formula is C29H39FO. The van der Waals surface area contributed by atoms with E-state index in [0.29, 0.717) is 17.4 Å². The van der Waals surface area contributed by atoms with E-state index in [1.165, 1.54) is 56.9 Å². The van der Waals surface area contributed by atoms with Crippen LogP contribution >= 0.6 is 0 Å². The molecule has 0 aliphatic heterocycles. The third kappa shape index (κ3) is 5.77. The SMILES string of the molecule is CCCCCC1CCC(c2ccc(-c3ccc(C4CCC(O)CC4)cc3F)cc2)CC1. The second-order valence-electron chi connectivity index (χ2n) is 10.1. The number of rotatable bonds is 7. The molecule has 2 aromatic carbocycles. The highest BCUT2D eigenvalue weighted by Gasteiger charge is 2.23. The van der Waals surface area contributed by atoms with Crippen LogP contribution in [0, 0.1) is 11.7 Å². The van der Waals surface area contributed by atoms with Crippen molar-refractivity contribution in [3.8, 4) is 11.1 Å². The predicted molar refractivity (Wildman–Crippen MR) is 128 cm³/mol. The van der Waals surface area contributed by atoms with Crippen LogP contribution < -0.4 is 0 Å². The summed E-state index contributed by atoms with van der Waals surface area (Å²) in [7, 11) is 0. The third-order valence-electron chi connectivity index (χ3n) is 7.92. The Labute approximate surface area is 188 Å². The minimum atomic E-state index is -0.171. The average Bonchev–Trinajstić information content (AvgIpc) is 2.80. The van der Waals surface area contributed by atoms with Gasteiger partial charge in [0.05, 0.1) is 6.10 Å². The van der Waals surface area contributed by atoms with E-state index in [9.17, 15) is 9.50 Å². The summed E-state index contributed by atoms with van der Waals surface area (Å²) in [5, 5.41) is 9.72. The first kappa shape index (κ1) is 22.5. The van der Waals surface area contributed by atoms with Crippen molar-refractivity contribution in [3.05, 3.63) is 59.4 Å². The number of hydrogen-bond acceptors (Lipinski definition) is 1. The molecule has 0 spiro atoms. The molecule has 2 saturated carbocycles. The van der Waals surface area contributed by atoms with Crippen LogP contribution in [0.3, 0.4) is 0 Å². The van der Waals surface area contributed by atoms with Crippen LogP contribution in [-0.2, 0) is 0 Å². The van der Waals surface area contributed by atoms with Crippen molar-refractivity contribution in [3.63, 3.8) is 0 Å². The van der Waals surface area contributed by atoms with Crippen molar-refractivity contribution in [2.45, 2.75) is 102 Å². The van der Waals surface area contributed by atoms with Gasteiger partial charge in [-0.05, 0) is 91.9 Å². The molecule has 1 nitrogen and oxygen atoms in total. The van der Waals surface area contributed by atoms with Crippen LogP contribution in [0.4, 0.5) is 4.39 Å². The summed E-state index contributed by atoms with van der Waals surface area (Å²) in [5.41, 5.74) is 4.18. The van der Waals surface area contributed by atoms with Gasteiger partial charge in [-0.25, -0.2) is 4.39 Å². The molecule has 2 aromatic rings. The maximum absolute atomic E-state index is 14.9. The van der Waals surface area contributed by atoms with Gasteiger partial charge in [-0.15, -0.1) is 0 Å². The normalized spacial score (nSPS) is 26.7. The van der Waals surface area contributed by atoms with E-state index < -0.39 is 0 Å². The average molecular weight is 423 g/mol. The molecule has 2 aliphatic rings. The van der Waals surface area contributed by atoms with E-state index in [1.54, 1.807) is 6.07 Å². The van der Waals surface area contributed by atoms with E-state index in [2.05, 4.69) is 37.3 Å². The lowest BCUT2D eigenvalue weighted by molar-refractivity contribution is 0.122. The van der Waals surface area contributed by atoms with Crippen LogP contribution in [0.2, 0.25) is 0 Å². The number of benzene rings is 2. The maximum atomic E-state index is 14.9. The minimum Gasteiger partial charge on any atom is -0.393 e. The van der Waals surface area contributed by atoms with Gasteiger partial charge in [0.1, 0.15) is 5.82 Å². The molecule has 2 aliphatic carbocycles. The highest BCUT2D eigenvalue weighted by Crippen LogP contribution is 2.39. The molecule has 0 amide bonds. The zero-order chi connectivity index (χ0) is 21.6. The lowest BCUT2D eigenvalue weighted by Crippen LogP contribution is -2.17. The fraction of sp³-hybridized carbons (Fsp3) is 0.586. The van der Waals surface area contributed by atoms with Crippen molar-refractivity contribution >= 4 is 0 Å². The van der Waals surface area contributed by atoms with Gasteiger partial charge in [-0.1, -0.05) is 69.0 Å². The lowest BCUT2D eigenvalue weighted by atomic mass is 9.77. The molecule has 2 fully saturated rings. The molecule has 31 heavy (non-hydrogen) atoms. The van der Waals surface area contributed by atoms with Gasteiger partial charge in [0, 0.05) is 5.56 Å². The monoisotopic (exact) mass is 422 g/mol. The first-order valence-corrected chi connectivity index (χ1v) is 12.7. The molecular weight excluding hydrogens is 383 g/mol. The standard InChI is InChI=1S/C29H39FO/c1-2-3-4-5-21-6-8-22(9-7-21)23-10-12-25(13-11-23)28-19-16-26(20-29(28)30)24-14-17-27(31)18-15-24/h10-13,16,19-22,24,27,31H,2-9,14-15,17-18H2,1H3. The molecule has 0 saturated heterocycles. The molecule has 0 heterocycles. The summed E-state index contributed by atoms with van der Waals surface area (Å²) in [6, 6.07) is 14.4. The first-order valence-electron chi connectivity index (χ1n) is 12.7. The molecule has 0 bridgehead atoms. The molecule has 2 heteroatoms. The van der Waals surface area contributed by atoms with Gasteiger partial charge >= 0.3 is 0 Å². The van der Waals surface area contributed by atoms with Crippen LogP contribution in [0.15, 0.2) is 42.5 Å². The molecule has 0 aromatic heterocycles. The van der Waals surface area contributed by atoms with Gasteiger partial charge in [0.25, 0.3) is 0 Å². The smallest absolute Gasteiger partial charge is 0.131 e. The number of aliphatic hydroxyl groups is 1. The largest absolute Gasteiger partial charge is 0.393 e. The summed E-state index contributed by atoms with van der Waals surface area (Å²) in [5.74, 6) is 1.86. The van der Waals surface area contributed by atoms with Gasteiger partial charge in [-0.2, -0.15) is 0 Å². The van der Waals surface area contributed by atoms with Gasteiger partial charge in [0.2, 0.25) is 0 Å². The third-order valence-corrected chi connectivity index (χ3v) is 7.92. The Hall–Kier alpha value is -1.67. The van der Waals surface area contributed by atoms with E-state index in [1.807, 2.05) is 6.07 Å². The van der Waals surface area contributed by atoms with E-state index in [0.717, 1.165) is 42.7 Å². The van der Waals surface area contributed by atoms with Gasteiger partial charge in [0.15, 0.2) is 0 Å². The van der Waals surface area contributed by atoms with Crippen LogP contribution in [0.1, 0.15) is 107 Å². The summed E-state index contributed by atoms with van der Waals surface area (Å²) < 4.78 is 14.9. The Morgan fingerprint density at radius 3 is 2.03 bits per heavy atom. The van der Waals surface area contributed by atoms with Crippen LogP contribution in [-0.4, -0.2) is 11.2 Å². The van der Waals surface area contributed by atoms with Crippen LogP contribution in [0.5, 0.6) is 0 Å². The molecule has 168 valence electrons. The Balaban J connectivity index is 1.36. The van der Waals surface area contributed by atoms with Crippen molar-refractivity contribution < 1.29 is 9.50 Å².